The fourth-order valence-electron chi connectivity index (χ4n) is 7.41. The van der Waals surface area contributed by atoms with Gasteiger partial charge in [0.1, 0.15) is 0 Å². The van der Waals surface area contributed by atoms with E-state index in [2.05, 4.69) is 114 Å². The third-order valence-electron chi connectivity index (χ3n) is 10.6. The molecular weight excluding hydrogens is 509 g/mol. The van der Waals surface area contributed by atoms with E-state index in [-0.39, 0.29) is 5.41 Å². The van der Waals surface area contributed by atoms with Crippen LogP contribution in [-0.2, 0) is 8.85 Å². The zero-order chi connectivity index (χ0) is 27.9. The van der Waals surface area contributed by atoms with E-state index < -0.39 is 16.6 Å². The Labute approximate surface area is 241 Å². The minimum Gasteiger partial charge on any atom is -0.417 e. The summed E-state index contributed by atoms with van der Waals surface area (Å²) >= 11 is 0. The molecule has 1 aromatic rings. The lowest BCUT2D eigenvalue weighted by Crippen LogP contribution is -2.41. The highest BCUT2D eigenvalue weighted by atomic mass is 28.4. The normalized spacial score (nSPS) is 20.3. The van der Waals surface area contributed by atoms with E-state index in [1.165, 1.54) is 53.0 Å². The quantitative estimate of drug-likeness (QED) is 0.187. The highest BCUT2D eigenvalue weighted by molar-refractivity contribution is 6.74. The van der Waals surface area contributed by atoms with Crippen molar-refractivity contribution in [2.24, 2.45) is 11.3 Å². The van der Waals surface area contributed by atoms with Gasteiger partial charge >= 0.3 is 0 Å². The summed E-state index contributed by atoms with van der Waals surface area (Å²) in [6.45, 7) is 15.7. The predicted octanol–water partition coefficient (Wildman–Crippen LogP) is 10.2. The van der Waals surface area contributed by atoms with E-state index in [9.17, 15) is 0 Å². The summed E-state index contributed by atoms with van der Waals surface area (Å²) in [6, 6.07) is 16.2. The maximum Gasteiger partial charge on any atom is 0.191 e. The molecule has 0 fully saturated rings. The summed E-state index contributed by atoms with van der Waals surface area (Å²) in [5.41, 5.74) is 5.78. The van der Waals surface area contributed by atoms with Gasteiger partial charge in [-0.3, -0.25) is 0 Å². The van der Waals surface area contributed by atoms with Crippen LogP contribution in [0.1, 0.15) is 71.4 Å². The van der Waals surface area contributed by atoms with Crippen molar-refractivity contribution in [3.05, 3.63) is 89.1 Å². The molecule has 0 saturated carbocycles. The van der Waals surface area contributed by atoms with E-state index >= 15 is 0 Å². The third-order valence-corrected chi connectivity index (χ3v) is 20.0. The topological polar surface area (TPSA) is 18.5 Å². The van der Waals surface area contributed by atoms with Crippen molar-refractivity contribution in [1.82, 2.24) is 0 Å². The second kappa shape index (κ2) is 13.3. The van der Waals surface area contributed by atoms with Gasteiger partial charge in [0.05, 0.1) is 0 Å². The lowest BCUT2D eigenvalue weighted by molar-refractivity contribution is 0.152. The fourth-order valence-corrected chi connectivity index (χ4v) is 12.7. The van der Waals surface area contributed by atoms with Crippen LogP contribution in [0.25, 0.3) is 6.08 Å². The minimum absolute atomic E-state index is 0.0493. The van der Waals surface area contributed by atoms with Gasteiger partial charge in [0.15, 0.2) is 16.6 Å². The first-order valence-electron chi connectivity index (χ1n) is 15.8. The number of benzene rings is 1. The van der Waals surface area contributed by atoms with Crippen LogP contribution in [0.2, 0.25) is 36.3 Å². The second-order valence-corrected chi connectivity index (χ2v) is 21.4. The fraction of sp³-hybridized carbons (Fsp3) is 0.543. The maximum absolute atomic E-state index is 6.99. The van der Waals surface area contributed by atoms with Crippen LogP contribution < -0.4 is 0 Å². The summed E-state index contributed by atoms with van der Waals surface area (Å²) in [4.78, 5) is 0. The molecule has 212 valence electrons. The van der Waals surface area contributed by atoms with Crippen LogP contribution in [0.3, 0.4) is 0 Å². The average Bonchev–Trinajstić information content (AvgIpc) is 3.63. The van der Waals surface area contributed by atoms with Crippen molar-refractivity contribution < 1.29 is 8.85 Å². The van der Waals surface area contributed by atoms with E-state index in [1.807, 2.05) is 0 Å². The molecule has 1 aromatic carbocycles. The summed E-state index contributed by atoms with van der Waals surface area (Å²) < 4.78 is 14.0. The van der Waals surface area contributed by atoms with Gasteiger partial charge in [-0.2, -0.15) is 0 Å². The first-order chi connectivity index (χ1) is 19.0. The van der Waals surface area contributed by atoms with Gasteiger partial charge < -0.3 is 8.85 Å². The van der Waals surface area contributed by atoms with Crippen LogP contribution >= 0.6 is 0 Å². The molecule has 0 aliphatic heterocycles. The Morgan fingerprint density at radius 2 is 1.28 bits per heavy atom. The Kier molecular flexibility index (Phi) is 10.3. The van der Waals surface area contributed by atoms with Crippen molar-refractivity contribution in [1.29, 1.82) is 0 Å². The second-order valence-electron chi connectivity index (χ2n) is 11.8. The Balaban J connectivity index is 1.74. The number of rotatable bonds is 16. The highest BCUT2D eigenvalue weighted by Gasteiger charge is 2.47. The van der Waals surface area contributed by atoms with Crippen LogP contribution in [0.4, 0.5) is 0 Å². The average molecular weight is 561 g/mol. The molecule has 0 bridgehead atoms. The van der Waals surface area contributed by atoms with Gasteiger partial charge in [0.25, 0.3) is 0 Å². The Morgan fingerprint density at radius 3 is 1.87 bits per heavy atom. The van der Waals surface area contributed by atoms with Gasteiger partial charge in [-0.15, -0.1) is 0 Å². The Bertz CT molecular complexity index is 1070. The monoisotopic (exact) mass is 560 g/mol. The van der Waals surface area contributed by atoms with Crippen molar-refractivity contribution in [2.75, 3.05) is 13.2 Å². The van der Waals surface area contributed by atoms with Gasteiger partial charge in [-0.05, 0) is 65.8 Å². The summed E-state index contributed by atoms with van der Waals surface area (Å²) in [5.74, 6) is 0.688. The molecule has 0 radical (unpaired) electrons. The molecular formula is C35H52O2Si2. The van der Waals surface area contributed by atoms with Gasteiger partial charge in [0, 0.05) is 30.5 Å². The van der Waals surface area contributed by atoms with E-state index in [0.717, 1.165) is 26.1 Å². The van der Waals surface area contributed by atoms with Gasteiger partial charge in [0.2, 0.25) is 0 Å². The summed E-state index contributed by atoms with van der Waals surface area (Å²) in [5, 5.41) is 0. The largest absolute Gasteiger partial charge is 0.417 e. The number of allylic oxidation sites excluding steroid dienone is 9. The molecule has 2 unspecified atom stereocenters. The minimum atomic E-state index is -1.68. The molecule has 4 rings (SSSR count). The number of hydrogen-bond acceptors (Lipinski definition) is 2. The number of hydrogen-bond donors (Lipinski definition) is 0. The highest BCUT2D eigenvalue weighted by Crippen LogP contribution is 2.57. The van der Waals surface area contributed by atoms with Gasteiger partial charge in [-0.25, -0.2) is 0 Å². The van der Waals surface area contributed by atoms with Crippen LogP contribution in [-0.4, -0.2) is 29.8 Å². The van der Waals surface area contributed by atoms with E-state index in [4.69, 9.17) is 8.85 Å². The van der Waals surface area contributed by atoms with Crippen molar-refractivity contribution in [3.8, 4) is 0 Å². The molecule has 0 spiro atoms. The van der Waals surface area contributed by atoms with Gasteiger partial charge in [-0.1, -0.05) is 120 Å². The summed E-state index contributed by atoms with van der Waals surface area (Å²) in [7, 11) is -3.36. The third kappa shape index (κ3) is 6.00. The first kappa shape index (κ1) is 30.2. The first-order valence-corrected chi connectivity index (χ1v) is 20.8. The molecule has 4 heteroatoms. The molecule has 3 aliphatic rings. The van der Waals surface area contributed by atoms with E-state index in [0.29, 0.717) is 11.8 Å². The molecule has 0 aromatic heterocycles. The lowest BCUT2D eigenvalue weighted by Gasteiger charge is -2.45. The zero-order valence-corrected chi connectivity index (χ0v) is 27.5. The SMILES string of the molecule is CC[Si](CC)(CC)OCCC(CCO[Si](CC)(CC)CC)(C1=CC=C2C=CC=CC21)C1C=Cc2ccccc21. The predicted molar refractivity (Wildman–Crippen MR) is 174 cm³/mol. The van der Waals surface area contributed by atoms with Crippen molar-refractivity contribution in [3.63, 3.8) is 0 Å². The molecule has 0 saturated heterocycles. The number of fused-ring (bicyclic) bond motifs is 2. The maximum atomic E-state index is 6.99. The molecule has 2 nitrogen and oxygen atoms in total. The van der Waals surface area contributed by atoms with Crippen LogP contribution in [0, 0.1) is 11.3 Å². The van der Waals surface area contributed by atoms with E-state index in [1.54, 1.807) is 5.57 Å². The Hall–Kier alpha value is -1.73. The summed E-state index contributed by atoms with van der Waals surface area (Å²) in [6.07, 6.45) is 20.9. The Morgan fingerprint density at radius 1 is 0.692 bits per heavy atom. The van der Waals surface area contributed by atoms with Crippen LogP contribution in [0.15, 0.2) is 77.9 Å². The molecule has 0 amide bonds. The lowest BCUT2D eigenvalue weighted by atomic mass is 9.61. The molecule has 39 heavy (non-hydrogen) atoms. The molecule has 0 heterocycles. The van der Waals surface area contributed by atoms with Crippen molar-refractivity contribution in [2.45, 2.75) is 96.6 Å². The van der Waals surface area contributed by atoms with Crippen LogP contribution in [0.5, 0.6) is 0 Å². The molecule has 3 aliphatic carbocycles. The van der Waals surface area contributed by atoms with Crippen molar-refractivity contribution >= 4 is 22.7 Å². The zero-order valence-electron chi connectivity index (χ0n) is 25.5. The molecule has 2 atom stereocenters. The standard InChI is InChI=1S/C35H52O2Si2/c1-7-38(8-2,9-3)36-27-25-35(26-28-37-39(10-4,11-5)12-6,33-23-21-29-17-13-15-19-31(29)33)34-24-22-30-18-14-16-20-32(30)34/h13-24,31,34H,7-12,25-28H2,1-6H3. The molecule has 0 N–H and O–H groups in total. The smallest absolute Gasteiger partial charge is 0.191 e.